The number of aliphatic hydroxyl groups excluding tert-OH is 1. The van der Waals surface area contributed by atoms with E-state index in [0.717, 1.165) is 33.3 Å². The summed E-state index contributed by atoms with van der Waals surface area (Å²) in [5.74, 6) is -1.12. The van der Waals surface area contributed by atoms with Gasteiger partial charge in [-0.25, -0.2) is 4.79 Å². The number of para-hydroxylation sites is 1. The number of likely N-dealkylation sites (N-methyl/N-ethyl adjacent to an activating group) is 1. The number of amides is 1. The van der Waals surface area contributed by atoms with E-state index in [9.17, 15) is 14.7 Å². The molecule has 4 aromatic rings. The number of aromatic amines is 1. The van der Waals surface area contributed by atoms with Crippen molar-refractivity contribution in [2.45, 2.75) is 31.8 Å². The predicted molar refractivity (Wildman–Crippen MR) is 143 cm³/mol. The molecule has 0 aliphatic carbocycles. The Hall–Kier alpha value is -4.32. The number of fused-ring (bicyclic) bond motifs is 1. The van der Waals surface area contributed by atoms with Crippen LogP contribution in [0.15, 0.2) is 96.3 Å². The molecule has 2 N–H and O–H groups in total. The maximum absolute atomic E-state index is 13.3. The number of nitrogens with zero attached hydrogens (tertiary/aromatic N) is 1. The van der Waals surface area contributed by atoms with E-state index < -0.39 is 18.0 Å². The molecule has 0 bridgehead atoms. The average molecular weight is 495 g/mol. The highest BCUT2D eigenvalue weighted by Crippen LogP contribution is 2.41. The van der Waals surface area contributed by atoms with Crippen molar-refractivity contribution in [3.05, 3.63) is 119 Å². The Kier molecular flexibility index (Phi) is 6.82. The van der Waals surface area contributed by atoms with E-state index in [1.165, 1.54) is 0 Å². The van der Waals surface area contributed by atoms with Gasteiger partial charge in [-0.2, -0.15) is 0 Å². The van der Waals surface area contributed by atoms with Gasteiger partial charge in [-0.3, -0.25) is 4.79 Å². The second kappa shape index (κ2) is 10.3. The van der Waals surface area contributed by atoms with Crippen molar-refractivity contribution in [2.75, 3.05) is 13.6 Å². The highest BCUT2D eigenvalue weighted by atomic mass is 16.6. The van der Waals surface area contributed by atoms with E-state index in [-0.39, 0.29) is 17.2 Å². The van der Waals surface area contributed by atoms with Gasteiger partial charge in [0.15, 0.2) is 6.10 Å². The molecule has 0 saturated heterocycles. The Labute approximate surface area is 216 Å². The SMILES string of the molecule is CC(=O)N(C)CCc1c(C(C2=C(O)C(Cc3ccccc3)OC2=O)c2ccccc2)[nH]c2ccccc12. The van der Waals surface area contributed by atoms with Crippen LogP contribution in [0.4, 0.5) is 0 Å². The molecule has 0 radical (unpaired) electrons. The van der Waals surface area contributed by atoms with Crippen LogP contribution in [-0.4, -0.2) is 46.6 Å². The largest absolute Gasteiger partial charge is 0.508 e. The lowest BCUT2D eigenvalue weighted by Crippen LogP contribution is -2.26. The van der Waals surface area contributed by atoms with Gasteiger partial charge in [-0.1, -0.05) is 78.9 Å². The Balaban J connectivity index is 1.64. The molecule has 0 fully saturated rings. The van der Waals surface area contributed by atoms with Crippen molar-refractivity contribution in [3.63, 3.8) is 0 Å². The third-order valence-electron chi connectivity index (χ3n) is 7.11. The van der Waals surface area contributed by atoms with E-state index in [2.05, 4.69) is 4.98 Å². The fourth-order valence-electron chi connectivity index (χ4n) is 5.06. The maximum Gasteiger partial charge on any atom is 0.339 e. The quantitative estimate of drug-likeness (QED) is 0.326. The average Bonchev–Trinajstić information content (AvgIpc) is 3.41. The van der Waals surface area contributed by atoms with Crippen LogP contribution >= 0.6 is 0 Å². The van der Waals surface area contributed by atoms with Crippen molar-refractivity contribution in [2.24, 2.45) is 0 Å². The van der Waals surface area contributed by atoms with E-state index in [0.29, 0.717) is 19.4 Å². The van der Waals surface area contributed by atoms with Gasteiger partial charge in [-0.05, 0) is 29.2 Å². The minimum atomic E-state index is -0.743. The third-order valence-corrected chi connectivity index (χ3v) is 7.11. The number of benzene rings is 3. The molecule has 6 nitrogen and oxygen atoms in total. The standard InChI is InChI=1S/C31H30N2O4/c1-20(34)33(2)18-17-24-23-15-9-10-16-25(23)32-29(24)27(22-13-7-4-8-14-22)28-30(35)26(37-31(28)36)19-21-11-5-3-6-12-21/h3-16,26-27,32,35H,17-19H2,1-2H3. The highest BCUT2D eigenvalue weighted by molar-refractivity contribution is 5.95. The number of aliphatic hydroxyl groups is 1. The van der Waals surface area contributed by atoms with Crippen LogP contribution in [0.5, 0.6) is 0 Å². The summed E-state index contributed by atoms with van der Waals surface area (Å²) in [6.07, 6.45) is 0.245. The number of H-pyrrole nitrogens is 1. The van der Waals surface area contributed by atoms with Crippen LogP contribution in [0.25, 0.3) is 10.9 Å². The fraction of sp³-hybridized carbons (Fsp3) is 0.226. The number of aromatic nitrogens is 1. The zero-order chi connectivity index (χ0) is 25.9. The summed E-state index contributed by atoms with van der Waals surface area (Å²) < 4.78 is 5.73. The zero-order valence-electron chi connectivity index (χ0n) is 21.0. The molecule has 37 heavy (non-hydrogen) atoms. The minimum Gasteiger partial charge on any atom is -0.508 e. The molecular formula is C31H30N2O4. The van der Waals surface area contributed by atoms with E-state index in [4.69, 9.17) is 4.74 Å². The number of hydrogen-bond acceptors (Lipinski definition) is 4. The van der Waals surface area contributed by atoms with Crippen LogP contribution in [0.3, 0.4) is 0 Å². The van der Waals surface area contributed by atoms with Crippen LogP contribution in [0.1, 0.15) is 35.2 Å². The maximum atomic E-state index is 13.3. The van der Waals surface area contributed by atoms with Crippen molar-refractivity contribution in [3.8, 4) is 0 Å². The lowest BCUT2D eigenvalue weighted by molar-refractivity contribution is -0.140. The van der Waals surface area contributed by atoms with Gasteiger partial charge in [-0.15, -0.1) is 0 Å². The highest BCUT2D eigenvalue weighted by Gasteiger charge is 2.41. The topological polar surface area (TPSA) is 82.6 Å². The number of esters is 1. The van der Waals surface area contributed by atoms with E-state index in [1.807, 2.05) is 84.9 Å². The molecule has 188 valence electrons. The van der Waals surface area contributed by atoms with Crippen molar-refractivity contribution < 1.29 is 19.4 Å². The smallest absolute Gasteiger partial charge is 0.339 e. The Morgan fingerprint density at radius 2 is 1.65 bits per heavy atom. The van der Waals surface area contributed by atoms with Gasteiger partial charge in [0.25, 0.3) is 0 Å². The molecule has 5 rings (SSSR count). The molecule has 1 amide bonds. The molecule has 2 atom stereocenters. The number of rotatable bonds is 8. The van der Waals surface area contributed by atoms with Gasteiger partial charge in [0.1, 0.15) is 5.76 Å². The van der Waals surface area contributed by atoms with Crippen LogP contribution in [-0.2, 0) is 27.2 Å². The van der Waals surface area contributed by atoms with Crippen molar-refractivity contribution in [1.82, 2.24) is 9.88 Å². The molecule has 2 heterocycles. The summed E-state index contributed by atoms with van der Waals surface area (Å²) in [6, 6.07) is 27.4. The third kappa shape index (κ3) is 4.87. The summed E-state index contributed by atoms with van der Waals surface area (Å²) >= 11 is 0. The second-order valence-corrected chi connectivity index (χ2v) is 9.48. The normalized spacial score (nSPS) is 16.2. The fourth-order valence-corrected chi connectivity index (χ4v) is 5.06. The molecule has 2 unspecified atom stereocenters. The van der Waals surface area contributed by atoms with E-state index >= 15 is 0 Å². The van der Waals surface area contributed by atoms with Gasteiger partial charge in [0.2, 0.25) is 5.91 Å². The Bertz CT molecular complexity index is 1460. The lowest BCUT2D eigenvalue weighted by atomic mass is 9.84. The van der Waals surface area contributed by atoms with E-state index in [1.54, 1.807) is 18.9 Å². The molecule has 3 aromatic carbocycles. The van der Waals surface area contributed by atoms with Crippen LogP contribution < -0.4 is 0 Å². The summed E-state index contributed by atoms with van der Waals surface area (Å²) in [4.78, 5) is 30.5. The number of ether oxygens (including phenoxy) is 1. The number of cyclic esters (lactones) is 1. The first-order valence-corrected chi connectivity index (χ1v) is 12.5. The number of carbonyl (C=O) groups is 2. The van der Waals surface area contributed by atoms with Gasteiger partial charge < -0.3 is 19.7 Å². The van der Waals surface area contributed by atoms with Crippen LogP contribution in [0, 0.1) is 0 Å². The van der Waals surface area contributed by atoms with Gasteiger partial charge in [0, 0.05) is 43.5 Å². The van der Waals surface area contributed by atoms with Gasteiger partial charge >= 0.3 is 5.97 Å². The first-order valence-electron chi connectivity index (χ1n) is 12.5. The summed E-state index contributed by atoms with van der Waals surface area (Å²) in [5, 5.41) is 12.4. The molecule has 1 aliphatic rings. The predicted octanol–water partition coefficient (Wildman–Crippen LogP) is 5.30. The minimum absolute atomic E-state index is 0.00974. The first kappa shape index (κ1) is 24.4. The summed E-state index contributed by atoms with van der Waals surface area (Å²) in [5.41, 5.74) is 4.86. The number of nitrogens with one attached hydrogen (secondary N) is 1. The molecule has 0 spiro atoms. The summed E-state index contributed by atoms with van der Waals surface area (Å²) in [7, 11) is 1.78. The Morgan fingerprint density at radius 1 is 1.00 bits per heavy atom. The van der Waals surface area contributed by atoms with Crippen molar-refractivity contribution >= 4 is 22.8 Å². The zero-order valence-corrected chi connectivity index (χ0v) is 21.0. The first-order chi connectivity index (χ1) is 17.9. The molecule has 6 heteroatoms. The summed E-state index contributed by atoms with van der Waals surface area (Å²) in [6.45, 7) is 2.07. The lowest BCUT2D eigenvalue weighted by Gasteiger charge is -2.20. The van der Waals surface area contributed by atoms with Crippen molar-refractivity contribution in [1.29, 1.82) is 0 Å². The van der Waals surface area contributed by atoms with Crippen LogP contribution in [0.2, 0.25) is 0 Å². The number of carbonyl (C=O) groups excluding carboxylic acids is 2. The second-order valence-electron chi connectivity index (χ2n) is 9.48. The monoisotopic (exact) mass is 494 g/mol. The van der Waals surface area contributed by atoms with Gasteiger partial charge in [0.05, 0.1) is 11.5 Å². The Morgan fingerprint density at radius 3 is 2.35 bits per heavy atom. The molecule has 1 aliphatic heterocycles. The number of hydrogen-bond donors (Lipinski definition) is 2. The molecular weight excluding hydrogens is 464 g/mol. The molecule has 1 aromatic heterocycles. The molecule has 0 saturated carbocycles.